The minimum Gasteiger partial charge on any atom is -0.357 e. The van der Waals surface area contributed by atoms with Crippen molar-refractivity contribution in [2.24, 2.45) is 0 Å². The number of amides is 3. The molecule has 1 aliphatic rings. The van der Waals surface area contributed by atoms with Crippen LogP contribution < -0.4 is 16.0 Å². The first kappa shape index (κ1) is 22.1. The lowest BCUT2D eigenvalue weighted by atomic mass is 9.93. The Morgan fingerprint density at radius 2 is 1.94 bits per heavy atom. The number of anilines is 1. The molecule has 0 bridgehead atoms. The first-order chi connectivity index (χ1) is 16.0. The number of hydrogen-bond acceptors (Lipinski definition) is 5. The van der Waals surface area contributed by atoms with E-state index in [9.17, 15) is 14.9 Å². The van der Waals surface area contributed by atoms with Crippen molar-refractivity contribution >= 4 is 29.1 Å². The third-order valence-corrected chi connectivity index (χ3v) is 6.38. The van der Waals surface area contributed by atoms with E-state index in [0.29, 0.717) is 16.4 Å². The molecule has 3 N–H and O–H groups in total. The number of nitrogens with zero attached hydrogens (tertiary/aromatic N) is 2. The summed E-state index contributed by atoms with van der Waals surface area (Å²) >= 11 is 1.24. The monoisotopic (exact) mass is 455 g/mol. The van der Waals surface area contributed by atoms with Crippen LogP contribution in [0.3, 0.4) is 0 Å². The van der Waals surface area contributed by atoms with Gasteiger partial charge in [-0.15, -0.1) is 17.8 Å². The van der Waals surface area contributed by atoms with Gasteiger partial charge in [-0.05, 0) is 47.1 Å². The van der Waals surface area contributed by atoms with Gasteiger partial charge in [0, 0.05) is 12.4 Å². The van der Waals surface area contributed by atoms with Gasteiger partial charge in [-0.2, -0.15) is 5.26 Å². The highest BCUT2D eigenvalue weighted by Gasteiger charge is 2.44. The van der Waals surface area contributed by atoms with Gasteiger partial charge in [-0.3, -0.25) is 10.1 Å². The number of rotatable bonds is 6. The number of nitriles is 1. The van der Waals surface area contributed by atoms with E-state index in [-0.39, 0.29) is 11.3 Å². The second-order valence-corrected chi connectivity index (χ2v) is 8.58. The molecule has 1 heterocycles. The third-order valence-electron chi connectivity index (χ3n) is 5.61. The molecule has 1 aromatic heterocycles. The van der Waals surface area contributed by atoms with E-state index in [1.54, 1.807) is 17.5 Å². The molecule has 4 rings (SSSR count). The SMILES string of the molecule is C#Cc1nc(NC(=O)NC(C(=O)NC)c2ccc(-c3cccc(C4(C#N)CC4)c3)cc2)cs1. The molecule has 3 amide bonds. The van der Waals surface area contributed by atoms with Crippen LogP contribution >= 0.6 is 11.3 Å². The Kier molecular flexibility index (Phi) is 6.12. The van der Waals surface area contributed by atoms with E-state index < -0.39 is 12.1 Å². The molecule has 1 fully saturated rings. The van der Waals surface area contributed by atoms with Crippen molar-refractivity contribution in [3.8, 4) is 29.5 Å². The zero-order chi connectivity index (χ0) is 23.4. The van der Waals surface area contributed by atoms with Gasteiger partial charge >= 0.3 is 6.03 Å². The van der Waals surface area contributed by atoms with Crippen LogP contribution in [0.5, 0.6) is 0 Å². The minimum atomic E-state index is -0.894. The summed E-state index contributed by atoms with van der Waals surface area (Å²) in [5.74, 6) is 2.37. The smallest absolute Gasteiger partial charge is 0.321 e. The zero-order valence-electron chi connectivity index (χ0n) is 17.9. The number of benzene rings is 2. The van der Waals surface area contributed by atoms with Crippen LogP contribution in [-0.2, 0) is 10.2 Å². The van der Waals surface area contributed by atoms with E-state index in [0.717, 1.165) is 29.5 Å². The molecule has 33 heavy (non-hydrogen) atoms. The van der Waals surface area contributed by atoms with E-state index in [1.165, 1.54) is 18.4 Å². The van der Waals surface area contributed by atoms with Crippen molar-refractivity contribution in [2.45, 2.75) is 24.3 Å². The Labute approximate surface area is 195 Å². The summed E-state index contributed by atoms with van der Waals surface area (Å²) in [4.78, 5) is 29.0. The van der Waals surface area contributed by atoms with Crippen LogP contribution in [0.15, 0.2) is 53.9 Å². The fourth-order valence-electron chi connectivity index (χ4n) is 3.58. The second kappa shape index (κ2) is 9.15. The molecule has 0 spiro atoms. The average molecular weight is 456 g/mol. The maximum atomic E-state index is 12.5. The summed E-state index contributed by atoms with van der Waals surface area (Å²) in [5.41, 5.74) is 3.26. The van der Waals surface area contributed by atoms with Crippen molar-refractivity contribution < 1.29 is 9.59 Å². The second-order valence-electron chi connectivity index (χ2n) is 7.72. The molecule has 164 valence electrons. The van der Waals surface area contributed by atoms with Crippen LogP contribution in [0.1, 0.15) is 35.0 Å². The summed E-state index contributed by atoms with van der Waals surface area (Å²) < 4.78 is 0. The number of hydrogen-bond donors (Lipinski definition) is 3. The zero-order valence-corrected chi connectivity index (χ0v) is 18.7. The third kappa shape index (κ3) is 4.72. The number of terminal acetylenes is 1. The standard InChI is InChI=1S/C25H21N5O2S/c1-3-21-28-20(14-33-21)29-24(32)30-22(23(31)27-2)17-9-7-16(8-10-17)18-5-4-6-19(13-18)25(15-26)11-12-25/h1,4-10,13-14,22H,11-12H2,2H3,(H,27,31)(H2,29,30,32). The molecular formula is C25H21N5O2S. The predicted molar refractivity (Wildman–Crippen MR) is 127 cm³/mol. The lowest BCUT2D eigenvalue weighted by Gasteiger charge is -2.18. The Morgan fingerprint density at radius 1 is 1.18 bits per heavy atom. The van der Waals surface area contributed by atoms with Gasteiger partial charge in [0.25, 0.3) is 0 Å². The molecule has 0 radical (unpaired) electrons. The molecule has 7 nitrogen and oxygen atoms in total. The quantitative estimate of drug-likeness (QED) is 0.489. The van der Waals surface area contributed by atoms with Gasteiger partial charge in [-0.1, -0.05) is 42.5 Å². The molecule has 3 aromatic rings. The molecule has 0 saturated heterocycles. The Bertz CT molecular complexity index is 1280. The first-order valence-electron chi connectivity index (χ1n) is 10.3. The highest BCUT2D eigenvalue weighted by molar-refractivity contribution is 7.10. The molecule has 8 heteroatoms. The summed E-state index contributed by atoms with van der Waals surface area (Å²) in [6.07, 6.45) is 7.08. The summed E-state index contributed by atoms with van der Waals surface area (Å²) in [7, 11) is 1.51. The van der Waals surface area contributed by atoms with Crippen molar-refractivity contribution in [1.82, 2.24) is 15.6 Å². The van der Waals surface area contributed by atoms with Gasteiger partial charge < -0.3 is 10.6 Å². The van der Waals surface area contributed by atoms with Gasteiger partial charge in [-0.25, -0.2) is 9.78 Å². The Balaban J connectivity index is 1.51. The fraction of sp³-hybridized carbons (Fsp3) is 0.200. The van der Waals surface area contributed by atoms with E-state index in [4.69, 9.17) is 6.42 Å². The van der Waals surface area contributed by atoms with Crippen LogP contribution in [-0.4, -0.2) is 24.0 Å². The number of carbonyl (C=O) groups excluding carboxylic acids is 2. The van der Waals surface area contributed by atoms with Gasteiger partial charge in [0.1, 0.15) is 11.9 Å². The van der Waals surface area contributed by atoms with Crippen LogP contribution in [0.25, 0.3) is 11.1 Å². The van der Waals surface area contributed by atoms with Gasteiger partial charge in [0.05, 0.1) is 11.5 Å². The summed E-state index contributed by atoms with van der Waals surface area (Å²) in [5, 5.41) is 19.4. The van der Waals surface area contributed by atoms with E-state index in [1.807, 2.05) is 36.4 Å². The average Bonchev–Trinajstić information content (AvgIpc) is 3.54. The summed E-state index contributed by atoms with van der Waals surface area (Å²) in [6.45, 7) is 0. The van der Waals surface area contributed by atoms with E-state index in [2.05, 4.69) is 32.9 Å². The summed E-state index contributed by atoms with van der Waals surface area (Å²) in [6, 6.07) is 16.4. The lowest BCUT2D eigenvalue weighted by molar-refractivity contribution is -0.122. The number of carbonyl (C=O) groups is 2. The van der Waals surface area contributed by atoms with Crippen LogP contribution in [0, 0.1) is 23.7 Å². The van der Waals surface area contributed by atoms with Crippen molar-refractivity contribution in [3.63, 3.8) is 0 Å². The fourth-order valence-corrected chi connectivity index (χ4v) is 4.13. The number of thiazole rings is 1. The Morgan fingerprint density at radius 3 is 2.55 bits per heavy atom. The van der Waals surface area contributed by atoms with Gasteiger partial charge in [0.2, 0.25) is 5.91 Å². The molecule has 1 aliphatic carbocycles. The van der Waals surface area contributed by atoms with Crippen molar-refractivity contribution in [3.05, 3.63) is 70.0 Å². The number of nitrogens with one attached hydrogen (secondary N) is 3. The van der Waals surface area contributed by atoms with Gasteiger partial charge in [0.15, 0.2) is 5.01 Å². The largest absolute Gasteiger partial charge is 0.357 e. The van der Waals surface area contributed by atoms with Crippen molar-refractivity contribution in [1.29, 1.82) is 5.26 Å². The maximum Gasteiger partial charge on any atom is 0.321 e. The van der Waals surface area contributed by atoms with Crippen molar-refractivity contribution in [2.75, 3.05) is 12.4 Å². The molecular weight excluding hydrogens is 434 g/mol. The Hall–Kier alpha value is -4.14. The minimum absolute atomic E-state index is 0.321. The predicted octanol–water partition coefficient (Wildman–Crippen LogP) is 3.96. The molecule has 1 atom stereocenters. The lowest BCUT2D eigenvalue weighted by Crippen LogP contribution is -2.41. The molecule has 0 aliphatic heterocycles. The van der Waals surface area contributed by atoms with Crippen LogP contribution in [0.2, 0.25) is 0 Å². The maximum absolute atomic E-state index is 12.5. The molecule has 2 aromatic carbocycles. The highest BCUT2D eigenvalue weighted by atomic mass is 32.1. The molecule has 1 unspecified atom stereocenters. The normalized spacial score (nSPS) is 14.3. The van der Waals surface area contributed by atoms with E-state index >= 15 is 0 Å². The molecule has 1 saturated carbocycles. The number of aromatic nitrogens is 1. The first-order valence-corrected chi connectivity index (χ1v) is 11.2. The topological polar surface area (TPSA) is 107 Å². The van der Waals surface area contributed by atoms with Crippen LogP contribution in [0.4, 0.5) is 10.6 Å². The highest BCUT2D eigenvalue weighted by Crippen LogP contribution is 2.48. The number of urea groups is 1. The number of likely N-dealkylation sites (N-methyl/N-ethyl adjacent to an activating group) is 1.